The van der Waals surface area contributed by atoms with Crippen LogP contribution in [-0.4, -0.2) is 35.1 Å². The minimum Gasteiger partial charge on any atom is -0.480 e. The van der Waals surface area contributed by atoms with E-state index in [2.05, 4.69) is 21.2 Å². The van der Waals surface area contributed by atoms with Crippen LogP contribution in [0, 0.1) is 12.8 Å². The summed E-state index contributed by atoms with van der Waals surface area (Å²) in [6, 6.07) is 5.16. The van der Waals surface area contributed by atoms with Crippen molar-refractivity contribution >= 4 is 33.6 Å². The molecule has 0 radical (unpaired) electrons. The molecule has 0 heterocycles. The quantitative estimate of drug-likeness (QED) is 0.865. The molecular weight excluding hydrogens is 324 g/mol. The summed E-state index contributed by atoms with van der Waals surface area (Å²) in [5, 5.41) is 11.7. The van der Waals surface area contributed by atoms with Crippen molar-refractivity contribution in [1.82, 2.24) is 4.90 Å². The smallest absolute Gasteiger partial charge is 0.323 e. The number of amides is 2. The zero-order valence-corrected chi connectivity index (χ0v) is 12.8. The molecule has 1 aromatic carbocycles. The number of anilines is 1. The van der Waals surface area contributed by atoms with Gasteiger partial charge in [0.25, 0.3) is 0 Å². The Balaban J connectivity index is 2.06. The second-order valence-corrected chi connectivity index (χ2v) is 5.91. The zero-order chi connectivity index (χ0) is 14.7. The Bertz CT molecular complexity index is 529. The first-order valence-electron chi connectivity index (χ1n) is 6.50. The first-order chi connectivity index (χ1) is 9.47. The molecular formula is C14H17BrN2O3. The van der Waals surface area contributed by atoms with Gasteiger partial charge >= 0.3 is 12.0 Å². The third-order valence-electron chi connectivity index (χ3n) is 3.30. The van der Waals surface area contributed by atoms with Gasteiger partial charge in [0.05, 0.1) is 0 Å². The van der Waals surface area contributed by atoms with Gasteiger partial charge < -0.3 is 15.3 Å². The number of halogens is 1. The summed E-state index contributed by atoms with van der Waals surface area (Å²) in [6.45, 7) is 2.13. The fourth-order valence-electron chi connectivity index (χ4n) is 1.93. The molecule has 0 atom stereocenters. The van der Waals surface area contributed by atoms with E-state index in [4.69, 9.17) is 5.11 Å². The van der Waals surface area contributed by atoms with E-state index in [0.717, 1.165) is 22.9 Å². The van der Waals surface area contributed by atoms with Gasteiger partial charge in [-0.1, -0.05) is 22.0 Å². The summed E-state index contributed by atoms with van der Waals surface area (Å²) < 4.78 is 0.905. The molecule has 0 spiro atoms. The van der Waals surface area contributed by atoms with E-state index in [1.165, 1.54) is 4.90 Å². The highest BCUT2D eigenvalue weighted by Crippen LogP contribution is 2.30. The first-order valence-corrected chi connectivity index (χ1v) is 7.29. The predicted octanol–water partition coefficient (Wildman–Crippen LogP) is 3.09. The molecule has 0 unspecified atom stereocenters. The Morgan fingerprint density at radius 2 is 2.15 bits per heavy atom. The van der Waals surface area contributed by atoms with Gasteiger partial charge in [-0.25, -0.2) is 4.79 Å². The maximum atomic E-state index is 12.2. The van der Waals surface area contributed by atoms with Crippen LogP contribution in [0.25, 0.3) is 0 Å². The highest BCUT2D eigenvalue weighted by atomic mass is 79.9. The number of carboxylic acid groups (broad SMARTS) is 1. The lowest BCUT2D eigenvalue weighted by Gasteiger charge is -2.21. The Labute approximate surface area is 126 Å². The molecule has 1 fully saturated rings. The number of urea groups is 1. The Morgan fingerprint density at radius 1 is 1.45 bits per heavy atom. The van der Waals surface area contributed by atoms with Gasteiger partial charge in [0, 0.05) is 16.7 Å². The normalized spacial score (nSPS) is 13.9. The molecule has 0 saturated heterocycles. The lowest BCUT2D eigenvalue weighted by molar-refractivity contribution is -0.137. The monoisotopic (exact) mass is 340 g/mol. The molecule has 0 aromatic heterocycles. The second kappa shape index (κ2) is 6.26. The maximum absolute atomic E-state index is 12.2. The molecule has 2 N–H and O–H groups in total. The van der Waals surface area contributed by atoms with Gasteiger partial charge in [0.2, 0.25) is 0 Å². The van der Waals surface area contributed by atoms with E-state index in [9.17, 15) is 9.59 Å². The van der Waals surface area contributed by atoms with Gasteiger partial charge in [-0.15, -0.1) is 0 Å². The summed E-state index contributed by atoms with van der Waals surface area (Å²) in [4.78, 5) is 24.4. The Kier molecular flexibility index (Phi) is 4.65. The van der Waals surface area contributed by atoms with E-state index in [0.29, 0.717) is 18.2 Å². The van der Waals surface area contributed by atoms with Crippen LogP contribution in [0.3, 0.4) is 0 Å². The number of benzene rings is 1. The van der Waals surface area contributed by atoms with Crippen LogP contribution < -0.4 is 5.32 Å². The van der Waals surface area contributed by atoms with Gasteiger partial charge in [-0.05, 0) is 43.4 Å². The average molecular weight is 341 g/mol. The van der Waals surface area contributed by atoms with Crippen molar-refractivity contribution in [2.45, 2.75) is 19.8 Å². The summed E-state index contributed by atoms with van der Waals surface area (Å²) in [6.07, 6.45) is 2.14. The maximum Gasteiger partial charge on any atom is 0.323 e. The zero-order valence-electron chi connectivity index (χ0n) is 11.2. The third-order valence-corrected chi connectivity index (χ3v) is 4.16. The van der Waals surface area contributed by atoms with Crippen LogP contribution in [0.4, 0.5) is 10.5 Å². The number of hydrogen-bond donors (Lipinski definition) is 2. The van der Waals surface area contributed by atoms with E-state index in [1.807, 2.05) is 19.1 Å². The standard InChI is InChI=1S/C14H17BrN2O3/c1-9-11(15)3-2-4-12(9)16-14(20)17(8-13(18)19)7-10-5-6-10/h2-4,10H,5-8H2,1H3,(H,16,20)(H,18,19). The molecule has 1 aliphatic carbocycles. The van der Waals surface area contributed by atoms with Crippen molar-refractivity contribution in [2.75, 3.05) is 18.4 Å². The van der Waals surface area contributed by atoms with Crippen LogP contribution in [0.1, 0.15) is 18.4 Å². The van der Waals surface area contributed by atoms with Crippen molar-refractivity contribution in [1.29, 1.82) is 0 Å². The van der Waals surface area contributed by atoms with Crippen LogP contribution in [0.15, 0.2) is 22.7 Å². The molecule has 1 aliphatic rings. The van der Waals surface area contributed by atoms with Gasteiger partial charge in [0.15, 0.2) is 0 Å². The SMILES string of the molecule is Cc1c(Br)cccc1NC(=O)N(CC(=O)O)CC1CC1. The number of rotatable bonds is 5. The topological polar surface area (TPSA) is 69.6 Å². The minimum absolute atomic E-state index is 0.268. The van der Waals surface area contributed by atoms with E-state index < -0.39 is 5.97 Å². The molecule has 6 heteroatoms. The van der Waals surface area contributed by atoms with Crippen molar-refractivity contribution < 1.29 is 14.7 Å². The summed E-state index contributed by atoms with van der Waals surface area (Å²) in [5.74, 6) is -0.546. The minimum atomic E-state index is -0.994. The molecule has 2 rings (SSSR count). The molecule has 1 aromatic rings. The lowest BCUT2D eigenvalue weighted by atomic mass is 10.2. The molecule has 20 heavy (non-hydrogen) atoms. The summed E-state index contributed by atoms with van der Waals surface area (Å²) in [5.41, 5.74) is 1.61. The number of nitrogens with zero attached hydrogens (tertiary/aromatic N) is 1. The highest BCUT2D eigenvalue weighted by molar-refractivity contribution is 9.10. The van der Waals surface area contributed by atoms with Gasteiger partial charge in [0.1, 0.15) is 6.54 Å². The predicted molar refractivity (Wildman–Crippen MR) is 79.8 cm³/mol. The van der Waals surface area contributed by atoms with E-state index >= 15 is 0 Å². The number of carbonyl (C=O) groups excluding carboxylic acids is 1. The molecule has 5 nitrogen and oxygen atoms in total. The number of hydrogen-bond acceptors (Lipinski definition) is 2. The number of carboxylic acids is 1. The molecule has 1 saturated carbocycles. The highest BCUT2D eigenvalue weighted by Gasteiger charge is 2.28. The number of nitrogens with one attached hydrogen (secondary N) is 1. The van der Waals surface area contributed by atoms with Crippen LogP contribution >= 0.6 is 15.9 Å². The Hall–Kier alpha value is -1.56. The van der Waals surface area contributed by atoms with Crippen molar-refractivity contribution in [3.63, 3.8) is 0 Å². The summed E-state index contributed by atoms with van der Waals surface area (Å²) >= 11 is 3.40. The lowest BCUT2D eigenvalue weighted by Crippen LogP contribution is -2.40. The third kappa shape index (κ3) is 3.96. The van der Waals surface area contributed by atoms with Gasteiger partial charge in [-0.3, -0.25) is 4.79 Å². The van der Waals surface area contributed by atoms with Crippen LogP contribution in [0.5, 0.6) is 0 Å². The number of carbonyl (C=O) groups is 2. The summed E-state index contributed by atoms with van der Waals surface area (Å²) in [7, 11) is 0. The molecule has 108 valence electrons. The van der Waals surface area contributed by atoms with Crippen LogP contribution in [-0.2, 0) is 4.79 Å². The first kappa shape index (κ1) is 14.8. The van der Waals surface area contributed by atoms with E-state index in [1.54, 1.807) is 6.07 Å². The van der Waals surface area contributed by atoms with Gasteiger partial charge in [-0.2, -0.15) is 0 Å². The van der Waals surface area contributed by atoms with Crippen molar-refractivity contribution in [3.05, 3.63) is 28.2 Å². The molecule has 2 amide bonds. The largest absolute Gasteiger partial charge is 0.480 e. The fraction of sp³-hybridized carbons (Fsp3) is 0.429. The second-order valence-electron chi connectivity index (χ2n) is 5.06. The van der Waals surface area contributed by atoms with E-state index in [-0.39, 0.29) is 12.6 Å². The van der Waals surface area contributed by atoms with Crippen molar-refractivity contribution in [2.24, 2.45) is 5.92 Å². The van der Waals surface area contributed by atoms with Crippen molar-refractivity contribution in [3.8, 4) is 0 Å². The molecule has 0 bridgehead atoms. The Morgan fingerprint density at radius 3 is 2.75 bits per heavy atom. The molecule has 0 aliphatic heterocycles. The van der Waals surface area contributed by atoms with Crippen LogP contribution in [0.2, 0.25) is 0 Å². The number of aliphatic carboxylic acids is 1. The fourth-order valence-corrected chi connectivity index (χ4v) is 2.30. The average Bonchev–Trinajstić information content (AvgIpc) is 3.17.